The number of likely N-dealkylation sites (tertiary alicyclic amines) is 1. The van der Waals surface area contributed by atoms with Gasteiger partial charge < -0.3 is 9.47 Å². The van der Waals surface area contributed by atoms with E-state index in [0.717, 1.165) is 4.68 Å². The number of hydrogen-bond donors (Lipinski definition) is 0. The van der Waals surface area contributed by atoms with Crippen LogP contribution in [0, 0.1) is 0 Å². The number of amides is 1. The molecule has 3 heterocycles. The van der Waals surface area contributed by atoms with Crippen molar-refractivity contribution in [3.63, 3.8) is 0 Å². The zero-order chi connectivity index (χ0) is 18.2. The van der Waals surface area contributed by atoms with E-state index < -0.39 is 15.1 Å². The van der Waals surface area contributed by atoms with Crippen molar-refractivity contribution in [1.29, 1.82) is 0 Å². The molecule has 134 valence electrons. The first-order valence-electron chi connectivity index (χ1n) is 7.85. The van der Waals surface area contributed by atoms with E-state index in [-0.39, 0.29) is 22.3 Å². The van der Waals surface area contributed by atoms with Gasteiger partial charge >= 0.3 is 0 Å². The van der Waals surface area contributed by atoms with Crippen molar-refractivity contribution in [1.82, 2.24) is 24.2 Å². The summed E-state index contributed by atoms with van der Waals surface area (Å²) in [4.78, 5) is 29.4. The standard InChI is InChI=1S/C15H19N5O4S/c1-18-10-7-16-15(18)25(23,24)11-5-8-20(9-6-11)14(22)12-3-4-13(21)19(2)17-12/h3-4,7,10-11H,5-6,8-9H2,1-2H3. The maximum Gasteiger partial charge on any atom is 0.274 e. The highest BCUT2D eigenvalue weighted by Crippen LogP contribution is 2.24. The Morgan fingerprint density at radius 2 is 1.88 bits per heavy atom. The van der Waals surface area contributed by atoms with Crippen LogP contribution < -0.4 is 5.56 Å². The predicted octanol–water partition coefficient (Wildman–Crippen LogP) is -0.408. The maximum absolute atomic E-state index is 12.7. The van der Waals surface area contributed by atoms with Crippen LogP contribution in [-0.2, 0) is 23.9 Å². The number of sulfone groups is 1. The van der Waals surface area contributed by atoms with Crippen LogP contribution in [0.15, 0.2) is 34.5 Å². The van der Waals surface area contributed by atoms with Gasteiger partial charge in [0.25, 0.3) is 11.5 Å². The third-order valence-electron chi connectivity index (χ3n) is 4.38. The summed E-state index contributed by atoms with van der Waals surface area (Å²) in [6.07, 6.45) is 3.73. The second-order valence-corrected chi connectivity index (χ2v) is 8.16. The molecule has 0 aromatic carbocycles. The van der Waals surface area contributed by atoms with E-state index >= 15 is 0 Å². The second-order valence-electron chi connectivity index (χ2n) is 6.04. The lowest BCUT2D eigenvalue weighted by atomic mass is 10.1. The zero-order valence-corrected chi connectivity index (χ0v) is 14.8. The lowest BCUT2D eigenvalue weighted by Gasteiger charge is -2.31. The lowest BCUT2D eigenvalue weighted by molar-refractivity contribution is 0.0717. The van der Waals surface area contributed by atoms with Gasteiger partial charge in [-0.2, -0.15) is 5.10 Å². The monoisotopic (exact) mass is 365 g/mol. The van der Waals surface area contributed by atoms with Crippen molar-refractivity contribution in [3.8, 4) is 0 Å². The van der Waals surface area contributed by atoms with Crippen LogP contribution in [0.2, 0.25) is 0 Å². The van der Waals surface area contributed by atoms with Gasteiger partial charge in [0.2, 0.25) is 15.0 Å². The third-order valence-corrected chi connectivity index (χ3v) is 6.63. The van der Waals surface area contributed by atoms with Gasteiger partial charge in [0.05, 0.1) is 5.25 Å². The molecule has 1 aliphatic rings. The summed E-state index contributed by atoms with van der Waals surface area (Å²) in [6, 6.07) is 2.68. The Bertz CT molecular complexity index is 954. The fourth-order valence-corrected chi connectivity index (χ4v) is 4.72. The van der Waals surface area contributed by atoms with Crippen molar-refractivity contribution in [2.75, 3.05) is 13.1 Å². The molecule has 9 nitrogen and oxygen atoms in total. The van der Waals surface area contributed by atoms with Gasteiger partial charge in [-0.15, -0.1) is 0 Å². The number of imidazole rings is 1. The number of carbonyl (C=O) groups is 1. The minimum absolute atomic E-state index is 0.0528. The molecule has 0 N–H and O–H groups in total. The molecule has 0 unspecified atom stereocenters. The summed E-state index contributed by atoms with van der Waals surface area (Å²) < 4.78 is 27.9. The highest BCUT2D eigenvalue weighted by Gasteiger charge is 2.35. The highest BCUT2D eigenvalue weighted by molar-refractivity contribution is 7.91. The van der Waals surface area contributed by atoms with Crippen molar-refractivity contribution >= 4 is 15.7 Å². The quantitative estimate of drug-likeness (QED) is 0.732. The third kappa shape index (κ3) is 3.21. The van der Waals surface area contributed by atoms with Crippen LogP contribution in [0.5, 0.6) is 0 Å². The molecule has 0 aliphatic carbocycles. The van der Waals surface area contributed by atoms with Crippen molar-refractivity contribution in [2.45, 2.75) is 23.2 Å². The van der Waals surface area contributed by atoms with Gasteiger partial charge in [-0.3, -0.25) is 9.59 Å². The first-order valence-corrected chi connectivity index (χ1v) is 9.40. The Kier molecular flexibility index (Phi) is 4.46. The number of rotatable bonds is 3. The Hall–Kier alpha value is -2.49. The SMILES string of the molecule is Cn1ccnc1S(=O)(=O)C1CCN(C(=O)c2ccc(=O)n(C)n2)CC1. The molecule has 3 rings (SSSR count). The van der Waals surface area contributed by atoms with Crippen LogP contribution in [0.25, 0.3) is 0 Å². The van der Waals surface area contributed by atoms with E-state index in [9.17, 15) is 18.0 Å². The molecule has 0 atom stereocenters. The Morgan fingerprint density at radius 3 is 2.44 bits per heavy atom. The summed E-state index contributed by atoms with van der Waals surface area (Å²) in [5.41, 5.74) is -0.121. The molecule has 0 saturated carbocycles. The first-order chi connectivity index (χ1) is 11.8. The van der Waals surface area contributed by atoms with Gasteiger partial charge in [0.1, 0.15) is 5.69 Å². The zero-order valence-electron chi connectivity index (χ0n) is 14.0. The van der Waals surface area contributed by atoms with Gasteiger partial charge in [-0.25, -0.2) is 18.1 Å². The predicted molar refractivity (Wildman–Crippen MR) is 88.8 cm³/mol. The van der Waals surface area contributed by atoms with Crippen LogP contribution in [0.4, 0.5) is 0 Å². The fraction of sp³-hybridized carbons (Fsp3) is 0.467. The van der Waals surface area contributed by atoms with Crippen molar-refractivity contribution in [3.05, 3.63) is 40.6 Å². The second kappa shape index (κ2) is 6.43. The number of piperidine rings is 1. The van der Waals surface area contributed by atoms with E-state index in [1.54, 1.807) is 18.1 Å². The number of nitrogens with zero attached hydrogens (tertiary/aromatic N) is 5. The molecule has 0 bridgehead atoms. The lowest BCUT2D eigenvalue weighted by Crippen LogP contribution is -2.43. The normalized spacial score (nSPS) is 16.2. The smallest absolute Gasteiger partial charge is 0.274 e. The number of carbonyl (C=O) groups excluding carboxylic acids is 1. The topological polar surface area (TPSA) is 107 Å². The van der Waals surface area contributed by atoms with E-state index in [4.69, 9.17) is 0 Å². The van der Waals surface area contributed by atoms with Gasteiger partial charge in [-0.05, 0) is 18.9 Å². The van der Waals surface area contributed by atoms with Crippen LogP contribution in [0.3, 0.4) is 0 Å². The number of aromatic nitrogens is 4. The average molecular weight is 365 g/mol. The Labute approximate surface area is 144 Å². The minimum atomic E-state index is -3.52. The molecule has 2 aromatic rings. The molecule has 2 aromatic heterocycles. The van der Waals surface area contributed by atoms with E-state index in [1.807, 2.05) is 0 Å². The summed E-state index contributed by atoms with van der Waals surface area (Å²) in [7, 11) is -0.403. The van der Waals surface area contributed by atoms with Crippen molar-refractivity contribution in [2.24, 2.45) is 14.1 Å². The molecule has 1 amide bonds. The molecule has 1 aliphatic heterocycles. The summed E-state index contributed by atoms with van der Waals surface area (Å²) >= 11 is 0. The average Bonchev–Trinajstić information content (AvgIpc) is 3.04. The Balaban J connectivity index is 1.71. The van der Waals surface area contributed by atoms with Crippen molar-refractivity contribution < 1.29 is 13.2 Å². The Morgan fingerprint density at radius 1 is 1.20 bits per heavy atom. The molecule has 1 saturated heterocycles. The minimum Gasteiger partial charge on any atom is -0.337 e. The molecule has 0 radical (unpaired) electrons. The molecule has 0 spiro atoms. The molecule has 25 heavy (non-hydrogen) atoms. The molecular formula is C15H19N5O4S. The summed E-state index contributed by atoms with van der Waals surface area (Å²) in [6.45, 7) is 0.634. The fourth-order valence-electron chi connectivity index (χ4n) is 2.92. The largest absolute Gasteiger partial charge is 0.337 e. The first kappa shape index (κ1) is 17.3. The van der Waals surface area contributed by atoms with Gasteiger partial charge in [-0.1, -0.05) is 0 Å². The highest BCUT2D eigenvalue weighted by atomic mass is 32.2. The molecular weight excluding hydrogens is 346 g/mol. The van der Waals surface area contributed by atoms with Gasteiger partial charge in [0.15, 0.2) is 0 Å². The molecule has 10 heteroatoms. The van der Waals surface area contributed by atoms with Crippen LogP contribution in [-0.4, -0.2) is 56.9 Å². The molecule has 1 fully saturated rings. The van der Waals surface area contributed by atoms with Crippen LogP contribution in [0.1, 0.15) is 23.3 Å². The van der Waals surface area contributed by atoms with E-state index in [2.05, 4.69) is 10.1 Å². The summed E-state index contributed by atoms with van der Waals surface area (Å²) in [5, 5.41) is 3.44. The number of hydrogen-bond acceptors (Lipinski definition) is 6. The van der Waals surface area contributed by atoms with Crippen LogP contribution >= 0.6 is 0 Å². The van der Waals surface area contributed by atoms with E-state index in [1.165, 1.54) is 29.9 Å². The van der Waals surface area contributed by atoms with Gasteiger partial charge in [0, 0.05) is 45.6 Å². The number of aryl methyl sites for hydroxylation is 2. The maximum atomic E-state index is 12.7. The van der Waals surface area contributed by atoms with E-state index in [0.29, 0.717) is 25.9 Å². The summed E-state index contributed by atoms with van der Waals surface area (Å²) in [5.74, 6) is -0.302.